The molecule has 0 bridgehead atoms. The minimum absolute atomic E-state index is 0.710. The second-order valence-corrected chi connectivity index (χ2v) is 7.25. The molecule has 2 N–H and O–H groups in total. The maximum atomic E-state index is 6.27. The van der Waals surface area contributed by atoms with Crippen molar-refractivity contribution in [3.05, 3.63) is 78.2 Å². The molecule has 0 fully saturated rings. The molecule has 0 spiro atoms. The molecule has 0 saturated carbocycles. The first-order chi connectivity index (χ1) is 14.1. The van der Waals surface area contributed by atoms with Gasteiger partial charge in [-0.3, -0.25) is 0 Å². The van der Waals surface area contributed by atoms with Gasteiger partial charge in [0.1, 0.15) is 11.2 Å². The van der Waals surface area contributed by atoms with Crippen molar-refractivity contribution in [3.63, 3.8) is 0 Å². The number of benzene rings is 4. The molecular formula is C24H20N4O. The number of nitrogen functional groups attached to an aromatic ring is 1. The van der Waals surface area contributed by atoms with Crippen molar-refractivity contribution in [2.45, 2.75) is 0 Å². The van der Waals surface area contributed by atoms with E-state index in [2.05, 4.69) is 12.1 Å². The summed E-state index contributed by atoms with van der Waals surface area (Å²) < 4.78 is 6.27. The Morgan fingerprint density at radius 2 is 1.66 bits per heavy atom. The summed E-state index contributed by atoms with van der Waals surface area (Å²) >= 11 is 0. The predicted octanol–water partition coefficient (Wildman–Crippen LogP) is 4.97. The first-order valence-corrected chi connectivity index (χ1v) is 9.42. The van der Waals surface area contributed by atoms with E-state index >= 15 is 0 Å². The van der Waals surface area contributed by atoms with Crippen LogP contribution in [0.15, 0.2) is 82.2 Å². The zero-order valence-electron chi connectivity index (χ0n) is 16.3. The lowest BCUT2D eigenvalue weighted by Gasteiger charge is -2.14. The van der Waals surface area contributed by atoms with Crippen LogP contribution in [-0.4, -0.2) is 19.1 Å². The van der Waals surface area contributed by atoms with E-state index in [0.717, 1.165) is 50.0 Å². The summed E-state index contributed by atoms with van der Waals surface area (Å²) in [4.78, 5) is 11.8. The highest BCUT2D eigenvalue weighted by Crippen LogP contribution is 2.31. The fourth-order valence-corrected chi connectivity index (χ4v) is 3.48. The lowest BCUT2D eigenvalue weighted by molar-refractivity contribution is 0.613. The van der Waals surface area contributed by atoms with E-state index < -0.39 is 0 Å². The lowest BCUT2D eigenvalue weighted by Crippen LogP contribution is -2.08. The van der Waals surface area contributed by atoms with E-state index in [1.165, 1.54) is 0 Å². The lowest BCUT2D eigenvalue weighted by atomic mass is 10.0. The number of aromatic nitrogens is 1. The Kier molecular flexibility index (Phi) is 3.95. The SMILES string of the molecule is CN(C)c1ccc2nc3c4ccccc4/c(=N/c4ccc(N)cc4)cc-3oc2c1. The molecule has 29 heavy (non-hydrogen) atoms. The molecule has 5 nitrogen and oxygen atoms in total. The summed E-state index contributed by atoms with van der Waals surface area (Å²) in [5, 5.41) is 2.89. The van der Waals surface area contributed by atoms with Crippen molar-refractivity contribution in [1.29, 1.82) is 0 Å². The highest BCUT2D eigenvalue weighted by Gasteiger charge is 2.15. The van der Waals surface area contributed by atoms with Gasteiger partial charge in [0, 0.05) is 48.4 Å². The number of nitrogens with zero attached hydrogens (tertiary/aromatic N) is 3. The quantitative estimate of drug-likeness (QED) is 0.267. The molecule has 0 atom stereocenters. The number of hydrogen-bond acceptors (Lipinski definition) is 5. The second kappa shape index (κ2) is 6.63. The Morgan fingerprint density at radius 1 is 0.897 bits per heavy atom. The smallest absolute Gasteiger partial charge is 0.155 e. The second-order valence-electron chi connectivity index (χ2n) is 7.25. The molecule has 3 aromatic carbocycles. The zero-order chi connectivity index (χ0) is 20.0. The van der Waals surface area contributed by atoms with Gasteiger partial charge in [-0.05, 0) is 36.4 Å². The first kappa shape index (κ1) is 17.3. The normalized spacial score (nSPS) is 12.1. The van der Waals surface area contributed by atoms with Gasteiger partial charge in [0.2, 0.25) is 0 Å². The van der Waals surface area contributed by atoms with Gasteiger partial charge >= 0.3 is 0 Å². The van der Waals surface area contributed by atoms with Crippen LogP contribution in [-0.2, 0) is 0 Å². The standard InChI is InChI=1S/C24H20N4O/c1-28(2)17-11-12-20-22(13-17)29-23-14-21(26-16-9-7-15(25)8-10-16)18-5-3-4-6-19(18)24(23)27-20/h3-14H,25H2,1-2H3/b26-21+. The van der Waals surface area contributed by atoms with Crippen molar-refractivity contribution >= 4 is 38.9 Å². The first-order valence-electron chi connectivity index (χ1n) is 9.42. The molecule has 3 aromatic rings. The fourth-order valence-electron chi connectivity index (χ4n) is 3.48. The van der Waals surface area contributed by atoms with E-state index in [9.17, 15) is 0 Å². The van der Waals surface area contributed by atoms with Crippen LogP contribution in [0, 0.1) is 0 Å². The summed E-state index contributed by atoms with van der Waals surface area (Å²) in [5.41, 5.74) is 10.8. The maximum absolute atomic E-state index is 6.27. The molecule has 0 aromatic heterocycles. The van der Waals surface area contributed by atoms with Crippen LogP contribution in [0.5, 0.6) is 0 Å². The van der Waals surface area contributed by atoms with E-state index in [0.29, 0.717) is 5.76 Å². The van der Waals surface area contributed by atoms with Crippen LogP contribution >= 0.6 is 0 Å². The average molecular weight is 380 g/mol. The maximum Gasteiger partial charge on any atom is 0.155 e. The number of rotatable bonds is 2. The molecule has 0 saturated heterocycles. The molecule has 1 aliphatic carbocycles. The Bertz CT molecular complexity index is 1380. The fraction of sp³-hybridized carbons (Fsp3) is 0.0833. The zero-order valence-corrected chi connectivity index (χ0v) is 16.3. The van der Waals surface area contributed by atoms with Gasteiger partial charge in [-0.25, -0.2) is 9.98 Å². The third-order valence-corrected chi connectivity index (χ3v) is 5.01. The van der Waals surface area contributed by atoms with Gasteiger partial charge < -0.3 is 15.1 Å². The molecule has 1 heterocycles. The summed E-state index contributed by atoms with van der Waals surface area (Å²) in [6.45, 7) is 0. The molecule has 0 amide bonds. The van der Waals surface area contributed by atoms with Gasteiger partial charge in [0.05, 0.1) is 11.0 Å². The van der Waals surface area contributed by atoms with Crippen molar-refractivity contribution in [1.82, 2.24) is 4.98 Å². The topological polar surface area (TPSA) is 67.7 Å². The minimum Gasteiger partial charge on any atom is -0.453 e. The number of anilines is 2. The summed E-state index contributed by atoms with van der Waals surface area (Å²) in [5.74, 6) is 0.710. The van der Waals surface area contributed by atoms with Gasteiger partial charge in [-0.15, -0.1) is 0 Å². The molecule has 2 aliphatic rings. The van der Waals surface area contributed by atoms with E-state index in [1.807, 2.05) is 79.7 Å². The highest BCUT2D eigenvalue weighted by atomic mass is 16.3. The molecule has 1 aliphatic heterocycles. The minimum atomic E-state index is 0.710. The Hall–Kier alpha value is -3.86. The summed E-state index contributed by atoms with van der Waals surface area (Å²) in [6, 6.07) is 23.7. The van der Waals surface area contributed by atoms with Crippen LogP contribution < -0.4 is 16.0 Å². The van der Waals surface area contributed by atoms with Crippen molar-refractivity contribution in [2.24, 2.45) is 4.99 Å². The predicted molar refractivity (Wildman–Crippen MR) is 119 cm³/mol. The Labute approximate surface area is 168 Å². The average Bonchev–Trinajstić information content (AvgIpc) is 2.74. The largest absolute Gasteiger partial charge is 0.453 e. The molecule has 142 valence electrons. The molecule has 5 rings (SSSR count). The molecular weight excluding hydrogens is 360 g/mol. The van der Waals surface area contributed by atoms with Crippen molar-refractivity contribution in [3.8, 4) is 11.5 Å². The van der Waals surface area contributed by atoms with Gasteiger partial charge in [-0.2, -0.15) is 0 Å². The van der Waals surface area contributed by atoms with Crippen molar-refractivity contribution in [2.75, 3.05) is 24.7 Å². The van der Waals surface area contributed by atoms with Crippen LogP contribution in [0.25, 0.3) is 33.3 Å². The molecule has 0 radical (unpaired) electrons. The third-order valence-electron chi connectivity index (χ3n) is 5.01. The summed E-state index contributed by atoms with van der Waals surface area (Å²) in [7, 11) is 4.01. The number of nitrogens with two attached hydrogens (primary N) is 1. The van der Waals surface area contributed by atoms with Crippen LogP contribution in [0.2, 0.25) is 0 Å². The highest BCUT2D eigenvalue weighted by molar-refractivity contribution is 5.96. The van der Waals surface area contributed by atoms with Gasteiger partial charge in [0.25, 0.3) is 0 Å². The van der Waals surface area contributed by atoms with Crippen LogP contribution in [0.4, 0.5) is 17.1 Å². The van der Waals surface area contributed by atoms with Crippen LogP contribution in [0.1, 0.15) is 0 Å². The van der Waals surface area contributed by atoms with E-state index in [-0.39, 0.29) is 0 Å². The third kappa shape index (κ3) is 3.06. The number of hydrogen-bond donors (Lipinski definition) is 1. The number of fused-ring (bicyclic) bond motifs is 4. The van der Waals surface area contributed by atoms with E-state index in [4.69, 9.17) is 20.1 Å². The Morgan fingerprint density at radius 3 is 2.41 bits per heavy atom. The monoisotopic (exact) mass is 380 g/mol. The van der Waals surface area contributed by atoms with E-state index in [1.54, 1.807) is 0 Å². The van der Waals surface area contributed by atoms with Crippen LogP contribution in [0.3, 0.4) is 0 Å². The molecule has 0 unspecified atom stereocenters. The van der Waals surface area contributed by atoms with Gasteiger partial charge in [-0.1, -0.05) is 24.3 Å². The Balaban J connectivity index is 1.84. The van der Waals surface area contributed by atoms with Crippen molar-refractivity contribution < 1.29 is 4.42 Å². The summed E-state index contributed by atoms with van der Waals surface area (Å²) in [6.07, 6.45) is 0. The molecule has 5 heteroatoms. The van der Waals surface area contributed by atoms with Gasteiger partial charge in [0.15, 0.2) is 11.3 Å².